The molecule has 3 heterocycles. The van der Waals surface area contributed by atoms with Crippen molar-refractivity contribution in [3.05, 3.63) is 63.1 Å². The van der Waals surface area contributed by atoms with Gasteiger partial charge < -0.3 is 25.2 Å². The Morgan fingerprint density at radius 2 is 2.10 bits per heavy atom. The van der Waals surface area contributed by atoms with Gasteiger partial charge in [-0.3, -0.25) is 14.4 Å². The van der Waals surface area contributed by atoms with Crippen LogP contribution in [-0.4, -0.2) is 52.6 Å². The minimum Gasteiger partial charge on any atom is -0.503 e. The molecular formula is C19H18F2N4O4. The van der Waals surface area contributed by atoms with Crippen molar-refractivity contribution < 1.29 is 23.5 Å². The zero-order chi connectivity index (χ0) is 20.7. The molecule has 0 aliphatic carbocycles. The second-order valence-corrected chi connectivity index (χ2v) is 7.00. The molecule has 1 aromatic carbocycles. The molecule has 10 heteroatoms. The number of nitrogens with one attached hydrogen (secondary N) is 2. The molecule has 152 valence electrons. The van der Waals surface area contributed by atoms with E-state index in [4.69, 9.17) is 0 Å². The lowest BCUT2D eigenvalue weighted by atomic mass is 10.1. The maximum absolute atomic E-state index is 13.7. The van der Waals surface area contributed by atoms with Crippen molar-refractivity contribution >= 4 is 11.8 Å². The number of rotatable bonds is 3. The predicted molar refractivity (Wildman–Crippen MR) is 97.7 cm³/mol. The van der Waals surface area contributed by atoms with Gasteiger partial charge in [-0.1, -0.05) is 6.07 Å². The number of benzene rings is 1. The summed E-state index contributed by atoms with van der Waals surface area (Å²) in [6.45, 7) is 1.65. The largest absolute Gasteiger partial charge is 0.503 e. The first-order chi connectivity index (χ1) is 13.9. The van der Waals surface area contributed by atoms with Crippen LogP contribution in [0.4, 0.5) is 8.78 Å². The monoisotopic (exact) mass is 404 g/mol. The third kappa shape index (κ3) is 3.35. The first kappa shape index (κ1) is 19.1. The van der Waals surface area contributed by atoms with Crippen LogP contribution in [0.2, 0.25) is 0 Å². The molecule has 29 heavy (non-hydrogen) atoms. The summed E-state index contributed by atoms with van der Waals surface area (Å²) in [6.07, 6.45) is 1.25. The molecule has 2 aliphatic rings. The van der Waals surface area contributed by atoms with Gasteiger partial charge in [-0.15, -0.1) is 0 Å². The molecule has 0 radical (unpaired) electrons. The smallest absolute Gasteiger partial charge is 0.274 e. The quantitative estimate of drug-likeness (QED) is 0.686. The summed E-state index contributed by atoms with van der Waals surface area (Å²) in [5, 5.41) is 15.9. The van der Waals surface area contributed by atoms with E-state index in [-0.39, 0.29) is 29.4 Å². The fraction of sp³-hybridized carbons (Fsp3) is 0.316. The number of nitrogens with zero attached hydrogens (tertiary/aromatic N) is 2. The molecule has 1 atom stereocenters. The maximum atomic E-state index is 13.7. The number of amides is 2. The van der Waals surface area contributed by atoms with E-state index < -0.39 is 34.6 Å². The number of hydrogen-bond donors (Lipinski definition) is 3. The summed E-state index contributed by atoms with van der Waals surface area (Å²) in [5.74, 6) is -3.66. The van der Waals surface area contributed by atoms with Crippen LogP contribution in [0.5, 0.6) is 5.75 Å². The maximum Gasteiger partial charge on any atom is 0.274 e. The Morgan fingerprint density at radius 3 is 2.86 bits per heavy atom. The van der Waals surface area contributed by atoms with E-state index in [1.807, 2.05) is 0 Å². The van der Waals surface area contributed by atoms with Crippen LogP contribution in [0.1, 0.15) is 32.5 Å². The van der Waals surface area contributed by atoms with Crippen LogP contribution >= 0.6 is 0 Å². The zero-order valence-corrected chi connectivity index (χ0v) is 15.2. The summed E-state index contributed by atoms with van der Waals surface area (Å²) in [5.41, 5.74) is -1.44. The molecule has 2 aliphatic heterocycles. The highest BCUT2D eigenvalue weighted by Gasteiger charge is 2.36. The normalized spacial score (nSPS) is 18.2. The van der Waals surface area contributed by atoms with Gasteiger partial charge in [-0.2, -0.15) is 0 Å². The third-order valence-corrected chi connectivity index (χ3v) is 5.16. The van der Waals surface area contributed by atoms with Gasteiger partial charge in [0.2, 0.25) is 5.43 Å². The van der Waals surface area contributed by atoms with Gasteiger partial charge in [0.15, 0.2) is 11.4 Å². The Balaban J connectivity index is 1.66. The Kier molecular flexibility index (Phi) is 4.79. The molecule has 1 unspecified atom stereocenters. The van der Waals surface area contributed by atoms with Crippen LogP contribution in [0.25, 0.3) is 0 Å². The Hall–Kier alpha value is -3.27. The van der Waals surface area contributed by atoms with Crippen molar-refractivity contribution in [2.24, 2.45) is 0 Å². The van der Waals surface area contributed by atoms with Gasteiger partial charge in [0, 0.05) is 50.6 Å². The van der Waals surface area contributed by atoms with Crippen LogP contribution in [0, 0.1) is 11.6 Å². The number of fused-ring (bicyclic) bond motifs is 4. The summed E-state index contributed by atoms with van der Waals surface area (Å²) >= 11 is 0. The van der Waals surface area contributed by atoms with Gasteiger partial charge in [0.1, 0.15) is 17.2 Å². The molecule has 1 aromatic heterocycles. The van der Waals surface area contributed by atoms with E-state index in [9.17, 15) is 28.3 Å². The fourth-order valence-electron chi connectivity index (χ4n) is 3.63. The van der Waals surface area contributed by atoms with Crippen molar-refractivity contribution in [2.45, 2.75) is 12.6 Å². The molecule has 3 N–H and O–H groups in total. The summed E-state index contributed by atoms with van der Waals surface area (Å²) in [6, 6.07) is 2.68. The molecule has 2 aromatic rings. The molecule has 2 amide bonds. The van der Waals surface area contributed by atoms with E-state index >= 15 is 0 Å². The molecule has 8 nitrogen and oxygen atoms in total. The van der Waals surface area contributed by atoms with Crippen molar-refractivity contribution in [3.63, 3.8) is 0 Å². The minimum atomic E-state index is -0.977. The molecular weight excluding hydrogens is 386 g/mol. The molecule has 2 bridgehead atoms. The number of carbonyl (C=O) groups is 2. The highest BCUT2D eigenvalue weighted by molar-refractivity contribution is 5.99. The number of aromatic nitrogens is 1. The SMILES string of the molecule is O=C(NCc1ccc(F)cc1F)c1cn2c(c(O)c1=O)C(=O)N1CCNCC2C1. The number of halogens is 2. The van der Waals surface area contributed by atoms with Crippen LogP contribution in [0.3, 0.4) is 0 Å². The Bertz CT molecular complexity index is 1070. The minimum absolute atomic E-state index is 0.0424. The zero-order valence-electron chi connectivity index (χ0n) is 15.2. The van der Waals surface area contributed by atoms with Gasteiger partial charge in [-0.25, -0.2) is 8.78 Å². The summed E-state index contributed by atoms with van der Waals surface area (Å²) in [7, 11) is 0. The van der Waals surface area contributed by atoms with Gasteiger partial charge in [-0.05, 0) is 6.07 Å². The lowest BCUT2D eigenvalue weighted by Gasteiger charge is -2.34. The lowest BCUT2D eigenvalue weighted by Crippen LogP contribution is -2.45. The van der Waals surface area contributed by atoms with Crippen LogP contribution in [-0.2, 0) is 6.54 Å². The van der Waals surface area contributed by atoms with Crippen molar-refractivity contribution in [3.8, 4) is 5.75 Å². The summed E-state index contributed by atoms with van der Waals surface area (Å²) in [4.78, 5) is 39.2. The predicted octanol–water partition coefficient (Wildman–Crippen LogP) is 0.362. The summed E-state index contributed by atoms with van der Waals surface area (Å²) < 4.78 is 28.2. The first-order valence-corrected chi connectivity index (χ1v) is 9.07. The molecule has 1 fully saturated rings. The fourth-order valence-corrected chi connectivity index (χ4v) is 3.63. The first-order valence-electron chi connectivity index (χ1n) is 9.07. The van der Waals surface area contributed by atoms with Gasteiger partial charge in [0.05, 0.1) is 6.04 Å². The van der Waals surface area contributed by atoms with E-state index in [1.54, 1.807) is 4.90 Å². The van der Waals surface area contributed by atoms with Crippen LogP contribution < -0.4 is 16.1 Å². The number of pyridine rings is 1. The van der Waals surface area contributed by atoms with E-state index in [0.29, 0.717) is 32.2 Å². The van der Waals surface area contributed by atoms with Gasteiger partial charge >= 0.3 is 0 Å². The molecule has 4 rings (SSSR count). The number of hydrogen-bond acceptors (Lipinski definition) is 5. The molecule has 0 spiro atoms. The second kappa shape index (κ2) is 7.28. The molecule has 0 saturated carbocycles. The highest BCUT2D eigenvalue weighted by atomic mass is 19.1. The van der Waals surface area contributed by atoms with Gasteiger partial charge in [0.25, 0.3) is 11.8 Å². The highest BCUT2D eigenvalue weighted by Crippen LogP contribution is 2.27. The van der Waals surface area contributed by atoms with Crippen molar-refractivity contribution in [1.82, 2.24) is 20.1 Å². The van der Waals surface area contributed by atoms with E-state index in [0.717, 1.165) is 6.07 Å². The lowest BCUT2D eigenvalue weighted by molar-refractivity contribution is 0.0685. The number of carbonyl (C=O) groups excluding carboxylic acids is 2. The third-order valence-electron chi connectivity index (χ3n) is 5.16. The molecule has 1 saturated heterocycles. The van der Waals surface area contributed by atoms with Crippen LogP contribution in [0.15, 0.2) is 29.2 Å². The number of aromatic hydroxyl groups is 1. The van der Waals surface area contributed by atoms with Crippen molar-refractivity contribution in [1.29, 1.82) is 0 Å². The average molecular weight is 404 g/mol. The Labute approximate surface area is 163 Å². The van der Waals surface area contributed by atoms with Crippen molar-refractivity contribution in [2.75, 3.05) is 26.2 Å². The standard InChI is InChI=1S/C19H18F2N4O4/c20-11-2-1-10(14(21)5-11)6-23-18(28)13-9-25-12-7-22-3-4-24(8-12)19(29)15(25)17(27)16(13)26/h1-2,5,9,12,22,27H,3-4,6-8H2,(H,23,28). The van der Waals surface area contributed by atoms with E-state index in [2.05, 4.69) is 10.6 Å². The Morgan fingerprint density at radius 1 is 1.31 bits per heavy atom. The van der Waals surface area contributed by atoms with E-state index in [1.165, 1.54) is 16.8 Å². The average Bonchev–Trinajstić information content (AvgIpc) is 2.91. The topological polar surface area (TPSA) is 104 Å². The second-order valence-electron chi connectivity index (χ2n) is 7.00.